The Morgan fingerprint density at radius 3 is 2.93 bits per heavy atom. The van der Waals surface area contributed by atoms with Gasteiger partial charge in [-0.3, -0.25) is 0 Å². The van der Waals surface area contributed by atoms with Crippen molar-refractivity contribution in [1.29, 1.82) is 0 Å². The molecule has 1 fully saturated rings. The Hall–Kier alpha value is -0.930. The number of halogens is 1. The van der Waals surface area contributed by atoms with Gasteiger partial charge in [-0.25, -0.2) is 4.39 Å². The summed E-state index contributed by atoms with van der Waals surface area (Å²) in [5.41, 5.74) is 0.610. The highest BCUT2D eigenvalue weighted by atomic mass is 19.1. The van der Waals surface area contributed by atoms with Crippen molar-refractivity contribution >= 4 is 0 Å². The van der Waals surface area contributed by atoms with E-state index in [0.29, 0.717) is 13.0 Å². The second-order valence-electron chi connectivity index (χ2n) is 4.31. The van der Waals surface area contributed by atoms with Crippen molar-refractivity contribution in [3.8, 4) is 0 Å². The van der Waals surface area contributed by atoms with E-state index >= 15 is 0 Å². The van der Waals surface area contributed by atoms with Crippen molar-refractivity contribution in [2.75, 3.05) is 19.8 Å². The van der Waals surface area contributed by atoms with Crippen LogP contribution in [0.4, 0.5) is 4.39 Å². The smallest absolute Gasteiger partial charge is 0.126 e. The molecule has 1 aromatic rings. The monoisotopic (exact) mass is 209 g/mol. The number of nitrogens with one attached hydrogen (secondary N) is 1. The van der Waals surface area contributed by atoms with Crippen molar-refractivity contribution in [3.05, 3.63) is 35.6 Å². The standard InChI is InChI=1S/C12H16FNO/c1-12(9-15-7-6-14-12)8-10-4-2-3-5-11(10)13/h2-5,14H,6-9H2,1H3. The SMILES string of the molecule is CC1(Cc2ccccc2F)COCCN1. The molecule has 1 aliphatic rings. The van der Waals surface area contributed by atoms with Gasteiger partial charge in [-0.05, 0) is 25.0 Å². The van der Waals surface area contributed by atoms with Gasteiger partial charge in [-0.2, -0.15) is 0 Å². The summed E-state index contributed by atoms with van der Waals surface area (Å²) in [6.07, 6.45) is 0.666. The molecule has 2 nitrogen and oxygen atoms in total. The van der Waals surface area contributed by atoms with Crippen LogP contribution in [-0.4, -0.2) is 25.3 Å². The molecule has 1 N–H and O–H groups in total. The van der Waals surface area contributed by atoms with E-state index < -0.39 is 0 Å². The summed E-state index contributed by atoms with van der Waals surface area (Å²) in [7, 11) is 0. The van der Waals surface area contributed by atoms with Gasteiger partial charge < -0.3 is 10.1 Å². The van der Waals surface area contributed by atoms with Crippen LogP contribution in [0.1, 0.15) is 12.5 Å². The molecule has 1 unspecified atom stereocenters. The predicted octanol–water partition coefficient (Wildman–Crippen LogP) is 1.75. The molecule has 1 heterocycles. The lowest BCUT2D eigenvalue weighted by Gasteiger charge is -2.35. The van der Waals surface area contributed by atoms with Gasteiger partial charge in [0.15, 0.2) is 0 Å². The van der Waals surface area contributed by atoms with Crippen LogP contribution in [0.15, 0.2) is 24.3 Å². The third-order valence-electron chi connectivity index (χ3n) is 2.76. The van der Waals surface area contributed by atoms with Crippen molar-refractivity contribution in [1.82, 2.24) is 5.32 Å². The molecule has 3 heteroatoms. The summed E-state index contributed by atoms with van der Waals surface area (Å²) in [4.78, 5) is 0. The van der Waals surface area contributed by atoms with Gasteiger partial charge in [0.2, 0.25) is 0 Å². The topological polar surface area (TPSA) is 21.3 Å². The van der Waals surface area contributed by atoms with Crippen LogP contribution in [0.2, 0.25) is 0 Å². The molecular weight excluding hydrogens is 193 g/mol. The molecular formula is C12H16FNO. The summed E-state index contributed by atoms with van der Waals surface area (Å²) in [6, 6.07) is 6.91. The van der Waals surface area contributed by atoms with Gasteiger partial charge in [0.25, 0.3) is 0 Å². The molecule has 0 aliphatic carbocycles. The fourth-order valence-corrected chi connectivity index (χ4v) is 1.95. The molecule has 0 bridgehead atoms. The zero-order chi connectivity index (χ0) is 10.7. The normalized spacial score (nSPS) is 26.5. The predicted molar refractivity (Wildman–Crippen MR) is 57.3 cm³/mol. The largest absolute Gasteiger partial charge is 0.378 e. The average Bonchev–Trinajstić information content (AvgIpc) is 2.22. The number of benzene rings is 1. The molecule has 0 spiro atoms. The molecule has 1 atom stereocenters. The van der Waals surface area contributed by atoms with E-state index in [1.807, 2.05) is 12.1 Å². The first kappa shape index (κ1) is 10.6. The lowest BCUT2D eigenvalue weighted by Crippen LogP contribution is -2.53. The Morgan fingerprint density at radius 2 is 2.27 bits per heavy atom. The van der Waals surface area contributed by atoms with Crippen LogP contribution in [0.3, 0.4) is 0 Å². The second-order valence-corrected chi connectivity index (χ2v) is 4.31. The van der Waals surface area contributed by atoms with Gasteiger partial charge in [0.1, 0.15) is 5.82 Å². The first-order valence-corrected chi connectivity index (χ1v) is 5.26. The Kier molecular flexibility index (Phi) is 3.03. The summed E-state index contributed by atoms with van der Waals surface area (Å²) in [5.74, 6) is -0.133. The highest BCUT2D eigenvalue weighted by Gasteiger charge is 2.28. The maximum atomic E-state index is 13.4. The number of hydrogen-bond acceptors (Lipinski definition) is 2. The quantitative estimate of drug-likeness (QED) is 0.801. The molecule has 1 aliphatic heterocycles. The lowest BCUT2D eigenvalue weighted by atomic mass is 9.92. The Labute approximate surface area is 89.4 Å². The van der Waals surface area contributed by atoms with Crippen LogP contribution >= 0.6 is 0 Å². The van der Waals surface area contributed by atoms with Gasteiger partial charge >= 0.3 is 0 Å². The number of morpholine rings is 1. The van der Waals surface area contributed by atoms with E-state index in [0.717, 1.165) is 18.7 Å². The molecule has 0 amide bonds. The van der Waals surface area contributed by atoms with Gasteiger partial charge in [0, 0.05) is 12.1 Å². The van der Waals surface area contributed by atoms with E-state index in [2.05, 4.69) is 12.2 Å². The van der Waals surface area contributed by atoms with Crippen LogP contribution in [0.25, 0.3) is 0 Å². The Bertz CT molecular complexity index is 334. The van der Waals surface area contributed by atoms with Crippen LogP contribution in [-0.2, 0) is 11.2 Å². The molecule has 1 aromatic carbocycles. The molecule has 15 heavy (non-hydrogen) atoms. The lowest BCUT2D eigenvalue weighted by molar-refractivity contribution is 0.0352. The fraction of sp³-hybridized carbons (Fsp3) is 0.500. The molecule has 1 saturated heterocycles. The van der Waals surface area contributed by atoms with E-state index in [4.69, 9.17) is 4.74 Å². The molecule has 0 aromatic heterocycles. The third-order valence-corrected chi connectivity index (χ3v) is 2.76. The number of ether oxygens (including phenoxy) is 1. The van der Waals surface area contributed by atoms with E-state index in [1.54, 1.807) is 6.07 Å². The third kappa shape index (κ3) is 2.55. The summed E-state index contributed by atoms with van der Waals surface area (Å²) in [5, 5.41) is 3.38. The van der Waals surface area contributed by atoms with Gasteiger partial charge in [-0.15, -0.1) is 0 Å². The van der Waals surface area contributed by atoms with Gasteiger partial charge in [-0.1, -0.05) is 18.2 Å². The van der Waals surface area contributed by atoms with Crippen LogP contribution in [0.5, 0.6) is 0 Å². The minimum absolute atomic E-state index is 0.133. The maximum Gasteiger partial charge on any atom is 0.126 e. The van der Waals surface area contributed by atoms with E-state index in [1.165, 1.54) is 6.07 Å². The van der Waals surface area contributed by atoms with Gasteiger partial charge in [0.05, 0.1) is 13.2 Å². The molecule has 82 valence electrons. The number of rotatable bonds is 2. The van der Waals surface area contributed by atoms with Crippen molar-refractivity contribution < 1.29 is 9.13 Å². The first-order chi connectivity index (χ1) is 7.20. The van der Waals surface area contributed by atoms with Crippen molar-refractivity contribution in [2.24, 2.45) is 0 Å². The minimum atomic E-state index is -0.138. The van der Waals surface area contributed by atoms with Crippen LogP contribution in [0, 0.1) is 5.82 Å². The molecule has 0 radical (unpaired) electrons. The van der Waals surface area contributed by atoms with E-state index in [-0.39, 0.29) is 11.4 Å². The van der Waals surface area contributed by atoms with Crippen LogP contribution < -0.4 is 5.32 Å². The second kappa shape index (κ2) is 4.29. The zero-order valence-corrected chi connectivity index (χ0v) is 8.92. The van der Waals surface area contributed by atoms with Crippen molar-refractivity contribution in [2.45, 2.75) is 18.9 Å². The maximum absolute atomic E-state index is 13.4. The summed E-state index contributed by atoms with van der Waals surface area (Å²) >= 11 is 0. The number of hydrogen-bond donors (Lipinski definition) is 1. The first-order valence-electron chi connectivity index (χ1n) is 5.26. The summed E-state index contributed by atoms with van der Waals surface area (Å²) in [6.45, 7) is 4.29. The van der Waals surface area contributed by atoms with Crippen molar-refractivity contribution in [3.63, 3.8) is 0 Å². The highest BCUT2D eigenvalue weighted by Crippen LogP contribution is 2.18. The molecule has 0 saturated carbocycles. The Balaban J connectivity index is 2.10. The summed E-state index contributed by atoms with van der Waals surface area (Å²) < 4.78 is 18.9. The molecule has 2 rings (SSSR count). The minimum Gasteiger partial charge on any atom is -0.378 e. The highest BCUT2D eigenvalue weighted by molar-refractivity contribution is 5.20. The zero-order valence-electron chi connectivity index (χ0n) is 8.92. The van der Waals surface area contributed by atoms with E-state index in [9.17, 15) is 4.39 Å². The average molecular weight is 209 g/mol. The fourth-order valence-electron chi connectivity index (χ4n) is 1.95. The Morgan fingerprint density at radius 1 is 1.47 bits per heavy atom.